The van der Waals surface area contributed by atoms with E-state index in [4.69, 9.17) is 15.2 Å². The molecule has 2 aromatic rings. The summed E-state index contributed by atoms with van der Waals surface area (Å²) in [4.78, 5) is 0. The second kappa shape index (κ2) is 8.98. The normalized spacial score (nSPS) is 12.0. The molecule has 152 valence electrons. The van der Waals surface area contributed by atoms with Crippen molar-refractivity contribution >= 4 is 24.5 Å². The Hall–Kier alpha value is -2.03. The van der Waals surface area contributed by atoms with Gasteiger partial charge in [0.1, 0.15) is 19.6 Å². The van der Waals surface area contributed by atoms with Crippen LogP contribution in [0.5, 0.6) is 5.75 Å². The molecule has 0 fully saturated rings. The highest BCUT2D eigenvalue weighted by Crippen LogP contribution is 2.41. The van der Waals surface area contributed by atoms with E-state index in [-0.39, 0.29) is 12.6 Å². The average molecular weight is 402 g/mol. The Morgan fingerprint density at radius 1 is 1.04 bits per heavy atom. The van der Waals surface area contributed by atoms with Gasteiger partial charge in [-0.2, -0.15) is 0 Å². The molecule has 0 amide bonds. The Morgan fingerprint density at radius 2 is 1.64 bits per heavy atom. The highest BCUT2D eigenvalue weighted by molar-refractivity contribution is 6.90. The van der Waals surface area contributed by atoms with Gasteiger partial charge in [-0.3, -0.25) is 0 Å². The number of benzene rings is 2. The van der Waals surface area contributed by atoms with Crippen LogP contribution in [0.15, 0.2) is 24.3 Å². The van der Waals surface area contributed by atoms with Gasteiger partial charge >= 0.3 is 0 Å². The third-order valence-corrected chi connectivity index (χ3v) is 12.0. The maximum absolute atomic E-state index is 14.8. The lowest BCUT2D eigenvalue weighted by atomic mass is 10.0. The highest BCUT2D eigenvalue weighted by atomic mass is 28.3. The van der Waals surface area contributed by atoms with E-state index in [1.165, 1.54) is 6.07 Å². The van der Waals surface area contributed by atoms with Crippen molar-refractivity contribution in [3.63, 3.8) is 0 Å². The van der Waals surface area contributed by atoms with Crippen LogP contribution in [0, 0.1) is 17.3 Å². The molecule has 0 saturated carbocycles. The van der Waals surface area contributed by atoms with Crippen LogP contribution in [0.4, 0.5) is 10.1 Å². The van der Waals surface area contributed by atoms with Gasteiger partial charge in [-0.15, -0.1) is 5.54 Å². The van der Waals surface area contributed by atoms with E-state index in [1.54, 1.807) is 19.2 Å². The first-order chi connectivity index (χ1) is 13.1. The molecule has 0 aliphatic heterocycles. The third kappa shape index (κ3) is 4.18. The van der Waals surface area contributed by atoms with Crippen molar-refractivity contribution in [1.29, 1.82) is 0 Å². The summed E-state index contributed by atoms with van der Waals surface area (Å²) in [5, 5.41) is 1.46. The van der Waals surface area contributed by atoms with Gasteiger partial charge in [0.25, 0.3) is 0 Å². The molecule has 0 aliphatic carbocycles. The van der Waals surface area contributed by atoms with Gasteiger partial charge in [0.15, 0.2) is 6.79 Å². The SMILES string of the molecule is COCOc1cc(N)c2c(C#C[Si](C(C)C)(C(C)C)C(C)C)c(F)ccc2c1. The molecule has 0 aliphatic rings. The number of fused-ring (bicyclic) bond motifs is 1. The standard InChI is InChI=1S/C23H32FNO2Si/c1-15(2)28(16(3)4,17(5)6)11-10-20-21(24)9-8-18-12-19(27-14-26-7)13-22(25)23(18)20/h8-9,12-13,15-17H,14,25H2,1-7H3. The van der Waals surface area contributed by atoms with E-state index in [0.29, 0.717) is 39.0 Å². The zero-order valence-corrected chi connectivity index (χ0v) is 19.0. The second-order valence-corrected chi connectivity index (χ2v) is 13.8. The van der Waals surface area contributed by atoms with Crippen molar-refractivity contribution in [3.8, 4) is 17.2 Å². The first-order valence-corrected chi connectivity index (χ1v) is 12.0. The number of halogens is 1. The van der Waals surface area contributed by atoms with Crippen LogP contribution in [-0.2, 0) is 4.74 Å². The molecule has 0 unspecified atom stereocenters. The largest absolute Gasteiger partial charge is 0.467 e. The zero-order chi connectivity index (χ0) is 21.1. The number of ether oxygens (including phenoxy) is 2. The lowest BCUT2D eigenvalue weighted by Gasteiger charge is -2.38. The van der Waals surface area contributed by atoms with Gasteiger partial charge in [0, 0.05) is 24.2 Å². The van der Waals surface area contributed by atoms with E-state index in [0.717, 1.165) is 5.39 Å². The van der Waals surface area contributed by atoms with E-state index in [2.05, 4.69) is 53.0 Å². The Labute approximate surface area is 169 Å². The summed E-state index contributed by atoms with van der Waals surface area (Å²) < 4.78 is 25.2. The third-order valence-electron chi connectivity index (χ3n) is 5.68. The number of rotatable bonds is 6. The lowest BCUT2D eigenvalue weighted by molar-refractivity contribution is 0.0513. The van der Waals surface area contributed by atoms with Gasteiger partial charge in [0.2, 0.25) is 0 Å². The molecule has 2 N–H and O–H groups in total. The quantitative estimate of drug-likeness (QED) is 0.275. The first-order valence-electron chi connectivity index (χ1n) is 9.81. The molecule has 0 radical (unpaired) electrons. The summed E-state index contributed by atoms with van der Waals surface area (Å²) >= 11 is 0. The summed E-state index contributed by atoms with van der Waals surface area (Å²) in [5.41, 5.74) is 12.1. The van der Waals surface area contributed by atoms with Crippen molar-refractivity contribution in [3.05, 3.63) is 35.6 Å². The smallest absolute Gasteiger partial charge is 0.188 e. The van der Waals surface area contributed by atoms with E-state index < -0.39 is 8.07 Å². The molecular formula is C23H32FNO2Si. The van der Waals surface area contributed by atoms with Gasteiger partial charge in [-0.25, -0.2) is 4.39 Å². The van der Waals surface area contributed by atoms with Gasteiger partial charge in [-0.05, 0) is 34.1 Å². The summed E-state index contributed by atoms with van der Waals surface area (Å²) in [7, 11) is -0.419. The maximum Gasteiger partial charge on any atom is 0.188 e. The van der Waals surface area contributed by atoms with Crippen molar-refractivity contribution in [2.24, 2.45) is 0 Å². The molecule has 0 bridgehead atoms. The number of anilines is 1. The van der Waals surface area contributed by atoms with Crippen LogP contribution in [0.25, 0.3) is 10.8 Å². The molecule has 2 rings (SSSR count). The van der Waals surface area contributed by atoms with E-state index in [1.807, 2.05) is 6.07 Å². The molecule has 3 nitrogen and oxygen atoms in total. The van der Waals surface area contributed by atoms with Crippen molar-refractivity contribution in [1.82, 2.24) is 0 Å². The number of hydrogen-bond donors (Lipinski definition) is 1. The van der Waals surface area contributed by atoms with Crippen LogP contribution in [0.3, 0.4) is 0 Å². The minimum atomic E-state index is -1.98. The minimum absolute atomic E-state index is 0.129. The van der Waals surface area contributed by atoms with Gasteiger partial charge in [-0.1, -0.05) is 53.5 Å². The number of nitrogens with two attached hydrogens (primary N) is 1. The molecule has 5 heteroatoms. The zero-order valence-electron chi connectivity index (χ0n) is 18.0. The summed E-state index contributed by atoms with van der Waals surface area (Å²) in [5.74, 6) is 3.49. The molecule has 0 saturated heterocycles. The summed E-state index contributed by atoms with van der Waals surface area (Å²) in [6, 6.07) is 6.70. The van der Waals surface area contributed by atoms with Gasteiger partial charge in [0.05, 0.1) is 5.56 Å². The number of hydrogen-bond acceptors (Lipinski definition) is 3. The molecule has 28 heavy (non-hydrogen) atoms. The number of nitrogen functional groups attached to an aromatic ring is 1. The molecular weight excluding hydrogens is 369 g/mol. The predicted molar refractivity (Wildman–Crippen MR) is 119 cm³/mol. The topological polar surface area (TPSA) is 44.5 Å². The monoisotopic (exact) mass is 401 g/mol. The number of methoxy groups -OCH3 is 1. The fourth-order valence-electron chi connectivity index (χ4n) is 4.38. The minimum Gasteiger partial charge on any atom is -0.467 e. The van der Waals surface area contributed by atoms with Crippen molar-refractivity contribution in [2.45, 2.75) is 58.2 Å². The Bertz CT molecular complexity index is 875. The summed E-state index contributed by atoms with van der Waals surface area (Å²) in [6.45, 7) is 13.6. The fraction of sp³-hybridized carbons (Fsp3) is 0.478. The Balaban J connectivity index is 2.68. The van der Waals surface area contributed by atoms with Crippen LogP contribution in [-0.4, -0.2) is 22.0 Å². The molecule has 0 atom stereocenters. The van der Waals surface area contributed by atoms with E-state index >= 15 is 0 Å². The molecule has 0 heterocycles. The molecule has 0 aromatic heterocycles. The average Bonchev–Trinajstić information content (AvgIpc) is 2.61. The lowest BCUT2D eigenvalue weighted by Crippen LogP contribution is -2.43. The molecule has 2 aromatic carbocycles. The maximum atomic E-state index is 14.8. The Morgan fingerprint density at radius 3 is 2.18 bits per heavy atom. The Kier molecular flexibility index (Phi) is 7.14. The van der Waals surface area contributed by atoms with Gasteiger partial charge < -0.3 is 15.2 Å². The molecule has 0 spiro atoms. The second-order valence-electron chi connectivity index (χ2n) is 8.23. The van der Waals surface area contributed by atoms with Crippen LogP contribution in [0.2, 0.25) is 16.6 Å². The summed E-state index contributed by atoms with van der Waals surface area (Å²) in [6.07, 6.45) is 0. The highest BCUT2D eigenvalue weighted by Gasteiger charge is 2.41. The van der Waals surface area contributed by atoms with Crippen LogP contribution < -0.4 is 10.5 Å². The fourth-order valence-corrected chi connectivity index (χ4v) is 9.59. The predicted octanol–water partition coefficient (Wildman–Crippen LogP) is 6.11. The van der Waals surface area contributed by atoms with Crippen molar-refractivity contribution in [2.75, 3.05) is 19.6 Å². The van der Waals surface area contributed by atoms with E-state index in [9.17, 15) is 4.39 Å². The van der Waals surface area contributed by atoms with Crippen molar-refractivity contribution < 1.29 is 13.9 Å². The van der Waals surface area contributed by atoms with Crippen LogP contribution in [0.1, 0.15) is 47.1 Å². The van der Waals surface area contributed by atoms with Crippen LogP contribution >= 0.6 is 0 Å². The first kappa shape index (κ1) is 22.3.